The molecule has 0 amide bonds. The molecule has 3 nitrogen and oxygen atoms in total. The molecule has 0 spiro atoms. The van der Waals surface area contributed by atoms with Gasteiger partial charge in [0.05, 0.1) is 19.3 Å². The van der Waals surface area contributed by atoms with Gasteiger partial charge in [-0.1, -0.05) is 0 Å². The fraction of sp³-hybridized carbons (Fsp3) is 0.778. The molecule has 0 radical (unpaired) electrons. The number of aliphatic hydroxyl groups is 1. The second-order valence-electron chi connectivity index (χ2n) is 2.69. The van der Waals surface area contributed by atoms with Gasteiger partial charge in [-0.05, 0) is 6.92 Å². The van der Waals surface area contributed by atoms with Crippen LogP contribution in [0.15, 0.2) is 0 Å². The average molecular weight is 170 g/mol. The van der Waals surface area contributed by atoms with Gasteiger partial charge in [-0.3, -0.25) is 0 Å². The maximum atomic E-state index is 9.38. The first-order valence-electron chi connectivity index (χ1n) is 4.14. The molecule has 0 aromatic heterocycles. The van der Waals surface area contributed by atoms with Crippen molar-refractivity contribution in [1.82, 2.24) is 0 Å². The van der Waals surface area contributed by atoms with E-state index in [0.717, 1.165) is 0 Å². The Labute approximate surface area is 72.7 Å². The molecule has 68 valence electrons. The second-order valence-corrected chi connectivity index (χ2v) is 2.69. The summed E-state index contributed by atoms with van der Waals surface area (Å²) in [6, 6.07) is 0. The molecule has 1 N–H and O–H groups in total. The van der Waals surface area contributed by atoms with E-state index >= 15 is 0 Å². The predicted molar refractivity (Wildman–Crippen MR) is 44.4 cm³/mol. The Morgan fingerprint density at radius 1 is 1.50 bits per heavy atom. The van der Waals surface area contributed by atoms with Crippen LogP contribution >= 0.6 is 0 Å². The number of rotatable bonds is 3. The van der Waals surface area contributed by atoms with Crippen molar-refractivity contribution in [2.45, 2.75) is 32.2 Å². The molecule has 1 aliphatic rings. The van der Waals surface area contributed by atoms with Crippen molar-refractivity contribution in [3.8, 4) is 11.8 Å². The Kier molecular flexibility index (Phi) is 4.09. The van der Waals surface area contributed by atoms with Crippen LogP contribution in [-0.4, -0.2) is 30.7 Å². The zero-order valence-electron chi connectivity index (χ0n) is 7.25. The molecule has 1 saturated heterocycles. The van der Waals surface area contributed by atoms with Crippen molar-refractivity contribution in [3.63, 3.8) is 0 Å². The Hall–Kier alpha value is -0.560. The molecule has 3 heteroatoms. The number of hydrogen-bond acceptors (Lipinski definition) is 3. The molecule has 1 rings (SSSR count). The summed E-state index contributed by atoms with van der Waals surface area (Å²) < 4.78 is 10.3. The van der Waals surface area contributed by atoms with E-state index < -0.39 is 6.10 Å². The Morgan fingerprint density at radius 2 is 2.17 bits per heavy atom. The Bertz CT molecular complexity index is 174. The van der Waals surface area contributed by atoms with Crippen LogP contribution in [0.25, 0.3) is 0 Å². The van der Waals surface area contributed by atoms with Gasteiger partial charge in [-0.15, -0.1) is 11.8 Å². The third kappa shape index (κ3) is 3.22. The second kappa shape index (κ2) is 5.15. The molecule has 0 aliphatic carbocycles. The van der Waals surface area contributed by atoms with E-state index in [2.05, 4.69) is 11.8 Å². The molecule has 1 heterocycles. The summed E-state index contributed by atoms with van der Waals surface area (Å²) in [6.07, 6.45) is 0.369. The monoisotopic (exact) mass is 170 g/mol. The molecule has 0 bridgehead atoms. The van der Waals surface area contributed by atoms with Crippen molar-refractivity contribution < 1.29 is 14.6 Å². The van der Waals surface area contributed by atoms with Crippen molar-refractivity contribution in [3.05, 3.63) is 0 Å². The van der Waals surface area contributed by atoms with Crippen molar-refractivity contribution in [1.29, 1.82) is 0 Å². The molecule has 1 atom stereocenters. The van der Waals surface area contributed by atoms with Gasteiger partial charge in [-0.2, -0.15) is 0 Å². The lowest BCUT2D eigenvalue weighted by Crippen LogP contribution is -2.17. The molecule has 0 aromatic rings. The highest BCUT2D eigenvalue weighted by Gasteiger charge is 2.19. The fourth-order valence-electron chi connectivity index (χ4n) is 1.07. The van der Waals surface area contributed by atoms with E-state index in [9.17, 15) is 5.11 Å². The summed E-state index contributed by atoms with van der Waals surface area (Å²) in [4.78, 5) is 0. The highest BCUT2D eigenvalue weighted by Crippen LogP contribution is 2.11. The zero-order valence-corrected chi connectivity index (χ0v) is 7.25. The smallest absolute Gasteiger partial charge is 0.160 e. The van der Waals surface area contributed by atoms with Crippen LogP contribution in [0.1, 0.15) is 19.8 Å². The molecule has 1 fully saturated rings. The normalized spacial score (nSPS) is 20.2. The standard InChI is InChI=1S/C9H14O3/c1-2-3-4-8(10)7-9-11-5-6-12-9/h8-10H,4-7H2,1H3. The minimum absolute atomic E-state index is 0.223. The average Bonchev–Trinajstić information content (AvgIpc) is 2.53. The first-order chi connectivity index (χ1) is 5.83. The van der Waals surface area contributed by atoms with E-state index in [-0.39, 0.29) is 6.29 Å². The summed E-state index contributed by atoms with van der Waals surface area (Å²) in [5.74, 6) is 5.54. The van der Waals surface area contributed by atoms with Crippen LogP contribution in [0.2, 0.25) is 0 Å². The van der Waals surface area contributed by atoms with Gasteiger partial charge in [-0.25, -0.2) is 0 Å². The lowest BCUT2D eigenvalue weighted by molar-refractivity contribution is -0.0691. The lowest BCUT2D eigenvalue weighted by atomic mass is 10.2. The van der Waals surface area contributed by atoms with Crippen molar-refractivity contribution in [2.24, 2.45) is 0 Å². The number of hydrogen-bond donors (Lipinski definition) is 1. The highest BCUT2D eigenvalue weighted by molar-refractivity contribution is 4.96. The van der Waals surface area contributed by atoms with Crippen molar-refractivity contribution >= 4 is 0 Å². The highest BCUT2D eigenvalue weighted by atomic mass is 16.7. The summed E-state index contributed by atoms with van der Waals surface area (Å²) in [6.45, 7) is 3.03. The summed E-state index contributed by atoms with van der Waals surface area (Å²) >= 11 is 0. The van der Waals surface area contributed by atoms with Gasteiger partial charge in [0.1, 0.15) is 0 Å². The minimum Gasteiger partial charge on any atom is -0.392 e. The lowest BCUT2D eigenvalue weighted by Gasteiger charge is -2.11. The van der Waals surface area contributed by atoms with Crippen molar-refractivity contribution in [2.75, 3.05) is 13.2 Å². The van der Waals surface area contributed by atoms with Crippen LogP contribution in [-0.2, 0) is 9.47 Å². The van der Waals surface area contributed by atoms with Crippen LogP contribution in [0.3, 0.4) is 0 Å². The predicted octanol–water partition coefficient (Wildman–Crippen LogP) is 0.524. The molecular weight excluding hydrogens is 156 g/mol. The Morgan fingerprint density at radius 3 is 2.75 bits per heavy atom. The summed E-state index contributed by atoms with van der Waals surface area (Å²) in [5, 5.41) is 9.38. The fourth-order valence-corrected chi connectivity index (χ4v) is 1.07. The maximum absolute atomic E-state index is 9.38. The van der Waals surface area contributed by atoms with E-state index in [1.165, 1.54) is 0 Å². The van der Waals surface area contributed by atoms with E-state index in [4.69, 9.17) is 9.47 Å². The number of ether oxygens (including phenoxy) is 2. The van der Waals surface area contributed by atoms with Gasteiger partial charge < -0.3 is 14.6 Å². The van der Waals surface area contributed by atoms with E-state index in [1.807, 2.05) is 0 Å². The van der Waals surface area contributed by atoms with Crippen LogP contribution in [0, 0.1) is 11.8 Å². The number of aliphatic hydroxyl groups excluding tert-OH is 1. The summed E-state index contributed by atoms with van der Waals surface area (Å²) in [5.41, 5.74) is 0. The van der Waals surface area contributed by atoms with E-state index in [1.54, 1.807) is 6.92 Å². The van der Waals surface area contributed by atoms with Gasteiger partial charge in [0.25, 0.3) is 0 Å². The molecule has 1 unspecified atom stereocenters. The molecular formula is C9H14O3. The largest absolute Gasteiger partial charge is 0.392 e. The summed E-state index contributed by atoms with van der Waals surface area (Å²) in [7, 11) is 0. The third-order valence-electron chi connectivity index (χ3n) is 1.67. The quantitative estimate of drug-likeness (QED) is 0.628. The Balaban J connectivity index is 2.14. The van der Waals surface area contributed by atoms with Gasteiger partial charge in [0, 0.05) is 12.8 Å². The molecule has 0 aromatic carbocycles. The van der Waals surface area contributed by atoms with Gasteiger partial charge in [0.2, 0.25) is 0 Å². The van der Waals surface area contributed by atoms with Crippen LogP contribution in [0.5, 0.6) is 0 Å². The molecule has 0 saturated carbocycles. The third-order valence-corrected chi connectivity index (χ3v) is 1.67. The van der Waals surface area contributed by atoms with Gasteiger partial charge >= 0.3 is 0 Å². The first-order valence-corrected chi connectivity index (χ1v) is 4.14. The maximum Gasteiger partial charge on any atom is 0.160 e. The van der Waals surface area contributed by atoms with E-state index in [0.29, 0.717) is 26.1 Å². The topological polar surface area (TPSA) is 38.7 Å². The van der Waals surface area contributed by atoms with Crippen LogP contribution < -0.4 is 0 Å². The van der Waals surface area contributed by atoms with Gasteiger partial charge in [0.15, 0.2) is 6.29 Å². The molecule has 1 aliphatic heterocycles. The SMILES string of the molecule is CC#CCC(O)CC1OCCO1. The molecule has 12 heavy (non-hydrogen) atoms. The minimum atomic E-state index is -0.430. The van der Waals surface area contributed by atoms with Crippen LogP contribution in [0.4, 0.5) is 0 Å². The first kappa shape index (κ1) is 9.53. The zero-order chi connectivity index (χ0) is 8.81.